The molecule has 0 unspecified atom stereocenters. The second-order valence-electron chi connectivity index (χ2n) is 9.16. The van der Waals surface area contributed by atoms with E-state index in [2.05, 4.69) is 20.5 Å². The molecule has 34 heavy (non-hydrogen) atoms. The Morgan fingerprint density at radius 2 is 1.68 bits per heavy atom. The molecular formula is C25H33N5O4. The van der Waals surface area contributed by atoms with Crippen LogP contribution in [-0.4, -0.2) is 66.1 Å². The minimum Gasteiger partial charge on any atom is -0.462 e. The number of esters is 1. The van der Waals surface area contributed by atoms with Gasteiger partial charge in [0.15, 0.2) is 0 Å². The third-order valence-corrected chi connectivity index (χ3v) is 5.25. The first-order valence-corrected chi connectivity index (χ1v) is 11.5. The summed E-state index contributed by atoms with van der Waals surface area (Å²) >= 11 is 0. The number of ether oxygens (including phenoxy) is 1. The topological polar surface area (TPSA) is 104 Å². The molecule has 0 aliphatic carbocycles. The van der Waals surface area contributed by atoms with Gasteiger partial charge < -0.3 is 25.2 Å². The highest BCUT2D eigenvalue weighted by Crippen LogP contribution is 2.16. The summed E-state index contributed by atoms with van der Waals surface area (Å²) in [7, 11) is 0. The predicted molar refractivity (Wildman–Crippen MR) is 131 cm³/mol. The van der Waals surface area contributed by atoms with Crippen LogP contribution in [0.5, 0.6) is 0 Å². The highest BCUT2D eigenvalue weighted by Gasteiger charge is 2.21. The number of anilines is 2. The van der Waals surface area contributed by atoms with Gasteiger partial charge >= 0.3 is 12.0 Å². The van der Waals surface area contributed by atoms with Crippen molar-refractivity contribution in [1.29, 1.82) is 0 Å². The number of benzene rings is 1. The number of hydrogen-bond donors (Lipinski definition) is 2. The molecule has 9 heteroatoms. The number of aromatic nitrogens is 1. The average Bonchev–Trinajstić information content (AvgIpc) is 3.05. The third-order valence-electron chi connectivity index (χ3n) is 5.25. The first kappa shape index (κ1) is 25.0. The number of amides is 3. The molecule has 9 nitrogen and oxygen atoms in total. The summed E-state index contributed by atoms with van der Waals surface area (Å²) in [5, 5.41) is 5.83. The van der Waals surface area contributed by atoms with E-state index in [1.54, 1.807) is 48.2 Å². The Kier molecular flexibility index (Phi) is 8.09. The van der Waals surface area contributed by atoms with Gasteiger partial charge in [0.05, 0.1) is 12.2 Å². The van der Waals surface area contributed by atoms with E-state index in [-0.39, 0.29) is 23.4 Å². The number of carbonyl (C=O) groups is 3. The fourth-order valence-corrected chi connectivity index (χ4v) is 3.58. The van der Waals surface area contributed by atoms with Crippen LogP contribution < -0.4 is 15.5 Å². The molecule has 0 saturated carbocycles. The van der Waals surface area contributed by atoms with Crippen LogP contribution in [0.4, 0.5) is 16.3 Å². The molecule has 0 radical (unpaired) electrons. The molecule has 3 rings (SSSR count). The molecule has 2 aromatic rings. The summed E-state index contributed by atoms with van der Waals surface area (Å²) in [6.07, 6.45) is 2.31. The van der Waals surface area contributed by atoms with Crippen LogP contribution in [-0.2, 0) is 4.74 Å². The lowest BCUT2D eigenvalue weighted by Gasteiger charge is -2.23. The van der Waals surface area contributed by atoms with Crippen LogP contribution in [0, 0.1) is 0 Å². The molecule has 3 amide bonds. The van der Waals surface area contributed by atoms with Gasteiger partial charge in [-0.2, -0.15) is 0 Å². The second kappa shape index (κ2) is 11.0. The Morgan fingerprint density at radius 3 is 2.29 bits per heavy atom. The van der Waals surface area contributed by atoms with Gasteiger partial charge in [-0.05, 0) is 70.5 Å². The van der Waals surface area contributed by atoms with E-state index >= 15 is 0 Å². The molecule has 1 saturated heterocycles. The average molecular weight is 468 g/mol. The molecular weight excluding hydrogens is 434 g/mol. The molecule has 182 valence electrons. The van der Waals surface area contributed by atoms with Crippen LogP contribution in [0.3, 0.4) is 0 Å². The summed E-state index contributed by atoms with van der Waals surface area (Å²) in [6.45, 7) is 10.4. The number of pyridine rings is 1. The van der Waals surface area contributed by atoms with Crippen molar-refractivity contribution in [3.8, 4) is 0 Å². The van der Waals surface area contributed by atoms with Gasteiger partial charge in [-0.25, -0.2) is 14.6 Å². The predicted octanol–water partition coefficient (Wildman–Crippen LogP) is 3.53. The van der Waals surface area contributed by atoms with Crippen molar-refractivity contribution in [1.82, 2.24) is 15.2 Å². The Balaban J connectivity index is 1.54. The smallest absolute Gasteiger partial charge is 0.339 e. The van der Waals surface area contributed by atoms with Crippen LogP contribution in [0.15, 0.2) is 42.6 Å². The van der Waals surface area contributed by atoms with Gasteiger partial charge in [0, 0.05) is 49.2 Å². The zero-order valence-electron chi connectivity index (χ0n) is 20.3. The van der Waals surface area contributed by atoms with Crippen molar-refractivity contribution in [3.05, 3.63) is 53.7 Å². The largest absolute Gasteiger partial charge is 0.462 e. The van der Waals surface area contributed by atoms with Gasteiger partial charge in [0.2, 0.25) is 0 Å². The van der Waals surface area contributed by atoms with Crippen LogP contribution in [0.25, 0.3) is 0 Å². The molecule has 1 aliphatic rings. The number of rotatable bonds is 5. The van der Waals surface area contributed by atoms with Gasteiger partial charge in [-0.15, -0.1) is 0 Å². The number of carbonyl (C=O) groups excluding carboxylic acids is 3. The molecule has 1 aliphatic heterocycles. The van der Waals surface area contributed by atoms with E-state index in [9.17, 15) is 14.4 Å². The van der Waals surface area contributed by atoms with Crippen molar-refractivity contribution in [3.63, 3.8) is 0 Å². The molecule has 2 heterocycles. The van der Waals surface area contributed by atoms with E-state index in [4.69, 9.17) is 4.74 Å². The molecule has 0 atom stereocenters. The first-order valence-electron chi connectivity index (χ1n) is 11.5. The Hall–Kier alpha value is -3.62. The lowest BCUT2D eigenvalue weighted by atomic mass is 10.1. The third kappa shape index (κ3) is 6.94. The molecule has 1 aromatic carbocycles. The Bertz CT molecular complexity index is 999. The van der Waals surface area contributed by atoms with Crippen LogP contribution >= 0.6 is 0 Å². The fourth-order valence-electron chi connectivity index (χ4n) is 3.58. The summed E-state index contributed by atoms with van der Waals surface area (Å²) in [5.74, 6) is 0.226. The minimum atomic E-state index is -0.386. The minimum absolute atomic E-state index is 0.151. The van der Waals surface area contributed by atoms with E-state index in [1.165, 1.54) is 6.20 Å². The zero-order chi connectivity index (χ0) is 24.7. The van der Waals surface area contributed by atoms with E-state index in [1.807, 2.05) is 20.8 Å². The van der Waals surface area contributed by atoms with Crippen molar-refractivity contribution in [2.75, 3.05) is 43.0 Å². The standard InChI is InChI=1S/C25H33N5O4/c1-5-34-23(32)19-9-12-21(26-17-19)29-13-6-14-30(16-15-29)24(33)27-20-10-7-18(8-11-20)22(31)28-25(2,3)4/h7-12,17H,5-6,13-16H2,1-4H3,(H,27,33)(H,28,31). The molecule has 2 N–H and O–H groups in total. The SMILES string of the molecule is CCOC(=O)c1ccc(N2CCCN(C(=O)Nc3ccc(C(=O)NC(C)(C)C)cc3)CC2)nc1. The molecule has 1 aromatic heterocycles. The monoisotopic (exact) mass is 467 g/mol. The lowest BCUT2D eigenvalue weighted by Crippen LogP contribution is -2.40. The summed E-state index contributed by atoms with van der Waals surface area (Å²) in [4.78, 5) is 45.2. The lowest BCUT2D eigenvalue weighted by molar-refractivity contribution is 0.0525. The number of hydrogen-bond acceptors (Lipinski definition) is 6. The van der Waals surface area contributed by atoms with Crippen molar-refractivity contribution in [2.45, 2.75) is 39.7 Å². The van der Waals surface area contributed by atoms with E-state index in [0.717, 1.165) is 18.8 Å². The van der Waals surface area contributed by atoms with Gasteiger partial charge in [0.1, 0.15) is 5.82 Å². The second-order valence-corrected chi connectivity index (χ2v) is 9.16. The number of nitrogens with zero attached hydrogens (tertiary/aromatic N) is 3. The highest BCUT2D eigenvalue weighted by atomic mass is 16.5. The van der Waals surface area contributed by atoms with Crippen molar-refractivity contribution in [2.24, 2.45) is 0 Å². The maximum absolute atomic E-state index is 12.8. The quantitative estimate of drug-likeness (QED) is 0.652. The van der Waals surface area contributed by atoms with Crippen molar-refractivity contribution < 1.29 is 19.1 Å². The van der Waals surface area contributed by atoms with Crippen LogP contribution in [0.1, 0.15) is 54.8 Å². The van der Waals surface area contributed by atoms with E-state index < -0.39 is 0 Å². The molecule has 1 fully saturated rings. The van der Waals surface area contributed by atoms with Gasteiger partial charge in [0.25, 0.3) is 5.91 Å². The summed E-state index contributed by atoms with van der Waals surface area (Å²) in [5.41, 5.74) is 1.28. The molecule has 0 bridgehead atoms. The summed E-state index contributed by atoms with van der Waals surface area (Å²) in [6, 6.07) is 10.2. The number of nitrogens with one attached hydrogen (secondary N) is 2. The first-order chi connectivity index (χ1) is 16.2. The number of urea groups is 1. The Labute approximate surface area is 200 Å². The Morgan fingerprint density at radius 1 is 0.971 bits per heavy atom. The van der Waals surface area contributed by atoms with Gasteiger partial charge in [-0.3, -0.25) is 4.79 Å². The summed E-state index contributed by atoms with van der Waals surface area (Å²) < 4.78 is 5.00. The fraction of sp³-hybridized carbons (Fsp3) is 0.440. The normalized spacial score (nSPS) is 14.2. The van der Waals surface area contributed by atoms with Crippen LogP contribution in [0.2, 0.25) is 0 Å². The maximum atomic E-state index is 12.8. The maximum Gasteiger partial charge on any atom is 0.339 e. The molecule has 0 spiro atoms. The van der Waals surface area contributed by atoms with Crippen molar-refractivity contribution >= 4 is 29.4 Å². The highest BCUT2D eigenvalue weighted by molar-refractivity contribution is 5.96. The van der Waals surface area contributed by atoms with E-state index in [0.29, 0.717) is 43.1 Å². The zero-order valence-corrected chi connectivity index (χ0v) is 20.3. The van der Waals surface area contributed by atoms with Gasteiger partial charge in [-0.1, -0.05) is 0 Å².